The number of halogens is 1. The van der Waals surface area contributed by atoms with E-state index >= 15 is 0 Å². The average molecular weight is 283 g/mol. The third-order valence-electron chi connectivity index (χ3n) is 3.40. The second-order valence-corrected chi connectivity index (χ2v) is 5.38. The Labute approximate surface area is 118 Å². The summed E-state index contributed by atoms with van der Waals surface area (Å²) >= 11 is 6.03. The number of anilines is 1. The Morgan fingerprint density at radius 2 is 2.32 bits per heavy atom. The monoisotopic (exact) mass is 282 g/mol. The number of rotatable bonds is 3. The SMILES string of the molecule is COc1ccc(NC(=O)C2CC(C)CCN2)cc1Cl. The highest BCUT2D eigenvalue weighted by Crippen LogP contribution is 2.27. The molecule has 2 rings (SSSR count). The number of nitrogens with one attached hydrogen (secondary N) is 2. The average Bonchev–Trinajstić information content (AvgIpc) is 2.39. The van der Waals surface area contributed by atoms with Crippen LogP contribution in [-0.2, 0) is 4.79 Å². The van der Waals surface area contributed by atoms with Gasteiger partial charge >= 0.3 is 0 Å². The molecular formula is C14H19ClN2O2. The smallest absolute Gasteiger partial charge is 0.241 e. The van der Waals surface area contributed by atoms with E-state index in [1.54, 1.807) is 25.3 Å². The lowest BCUT2D eigenvalue weighted by molar-refractivity contribution is -0.119. The van der Waals surface area contributed by atoms with E-state index in [9.17, 15) is 4.79 Å². The molecule has 1 fully saturated rings. The quantitative estimate of drug-likeness (QED) is 0.896. The molecule has 2 atom stereocenters. The molecule has 0 aromatic heterocycles. The summed E-state index contributed by atoms with van der Waals surface area (Å²) in [6.45, 7) is 3.06. The molecule has 19 heavy (non-hydrogen) atoms. The molecule has 104 valence electrons. The number of hydrogen-bond donors (Lipinski definition) is 2. The van der Waals surface area contributed by atoms with Gasteiger partial charge in [-0.15, -0.1) is 0 Å². The largest absolute Gasteiger partial charge is 0.495 e. The molecule has 4 nitrogen and oxygen atoms in total. The Morgan fingerprint density at radius 3 is 2.95 bits per heavy atom. The molecule has 1 aliphatic rings. The molecule has 1 saturated heterocycles. The van der Waals surface area contributed by atoms with E-state index in [1.165, 1.54) is 0 Å². The lowest BCUT2D eigenvalue weighted by Gasteiger charge is -2.27. The zero-order valence-corrected chi connectivity index (χ0v) is 12.0. The van der Waals surface area contributed by atoms with Crippen LogP contribution in [0.4, 0.5) is 5.69 Å². The van der Waals surface area contributed by atoms with Gasteiger partial charge in [0.05, 0.1) is 18.2 Å². The van der Waals surface area contributed by atoms with Crippen LogP contribution >= 0.6 is 11.6 Å². The van der Waals surface area contributed by atoms with Crippen LogP contribution in [-0.4, -0.2) is 25.6 Å². The number of ether oxygens (including phenoxy) is 1. The summed E-state index contributed by atoms with van der Waals surface area (Å²) in [5.74, 6) is 1.17. The van der Waals surface area contributed by atoms with Gasteiger partial charge < -0.3 is 15.4 Å². The first-order valence-corrected chi connectivity index (χ1v) is 6.85. The Balaban J connectivity index is 2.00. The van der Waals surface area contributed by atoms with Crippen LogP contribution in [0.3, 0.4) is 0 Å². The first kappa shape index (κ1) is 14.2. The lowest BCUT2D eigenvalue weighted by atomic mass is 9.94. The zero-order chi connectivity index (χ0) is 13.8. The van der Waals surface area contributed by atoms with Crippen LogP contribution in [0.15, 0.2) is 18.2 Å². The Kier molecular flexibility index (Phi) is 4.66. The second-order valence-electron chi connectivity index (χ2n) is 4.97. The number of amides is 1. The van der Waals surface area contributed by atoms with E-state index in [4.69, 9.17) is 16.3 Å². The fraction of sp³-hybridized carbons (Fsp3) is 0.500. The van der Waals surface area contributed by atoms with Gasteiger partial charge in [-0.1, -0.05) is 18.5 Å². The summed E-state index contributed by atoms with van der Waals surface area (Å²) in [7, 11) is 1.56. The Morgan fingerprint density at radius 1 is 1.53 bits per heavy atom. The van der Waals surface area contributed by atoms with Crippen molar-refractivity contribution in [3.63, 3.8) is 0 Å². The van der Waals surface area contributed by atoms with E-state index in [-0.39, 0.29) is 11.9 Å². The van der Waals surface area contributed by atoms with E-state index < -0.39 is 0 Å². The Hall–Kier alpha value is -1.26. The highest BCUT2D eigenvalue weighted by Gasteiger charge is 2.24. The normalized spacial score (nSPS) is 22.9. The predicted octanol–water partition coefficient (Wildman–Crippen LogP) is 2.68. The number of carbonyl (C=O) groups excluding carboxylic acids is 1. The van der Waals surface area contributed by atoms with Crippen molar-refractivity contribution >= 4 is 23.2 Å². The number of hydrogen-bond acceptors (Lipinski definition) is 3. The highest BCUT2D eigenvalue weighted by molar-refractivity contribution is 6.32. The van der Waals surface area contributed by atoms with E-state index in [0.717, 1.165) is 19.4 Å². The van der Waals surface area contributed by atoms with Crippen LogP contribution in [0.2, 0.25) is 5.02 Å². The molecule has 0 spiro atoms. The molecule has 2 unspecified atom stereocenters. The second kappa shape index (κ2) is 6.26. The summed E-state index contributed by atoms with van der Waals surface area (Å²) in [6, 6.07) is 5.11. The molecule has 0 bridgehead atoms. The number of benzene rings is 1. The minimum Gasteiger partial charge on any atom is -0.495 e. The highest BCUT2D eigenvalue weighted by atomic mass is 35.5. The molecule has 1 aliphatic heterocycles. The third kappa shape index (κ3) is 3.61. The number of carbonyl (C=O) groups is 1. The first-order chi connectivity index (χ1) is 9.10. The molecule has 1 heterocycles. The van der Waals surface area contributed by atoms with Gasteiger partial charge in [0.1, 0.15) is 5.75 Å². The molecular weight excluding hydrogens is 264 g/mol. The minimum absolute atomic E-state index is 0.00668. The summed E-state index contributed by atoms with van der Waals surface area (Å²) in [5.41, 5.74) is 0.691. The van der Waals surface area contributed by atoms with Crippen molar-refractivity contribution in [1.29, 1.82) is 0 Å². The van der Waals surface area contributed by atoms with Crippen LogP contribution < -0.4 is 15.4 Å². The molecule has 1 amide bonds. The molecule has 1 aromatic rings. The summed E-state index contributed by atoms with van der Waals surface area (Å²) in [5, 5.41) is 6.61. The van der Waals surface area contributed by atoms with E-state index in [0.29, 0.717) is 22.4 Å². The van der Waals surface area contributed by atoms with Crippen molar-refractivity contribution in [2.75, 3.05) is 19.0 Å². The fourth-order valence-corrected chi connectivity index (χ4v) is 2.54. The van der Waals surface area contributed by atoms with Crippen molar-refractivity contribution in [1.82, 2.24) is 5.32 Å². The lowest BCUT2D eigenvalue weighted by Crippen LogP contribution is -2.45. The standard InChI is InChI=1S/C14H19ClN2O2/c1-9-5-6-16-12(7-9)14(18)17-10-3-4-13(19-2)11(15)8-10/h3-4,8-9,12,16H,5-7H2,1-2H3,(H,17,18). The molecule has 0 radical (unpaired) electrons. The first-order valence-electron chi connectivity index (χ1n) is 6.48. The molecule has 1 aromatic carbocycles. The van der Waals surface area contributed by atoms with Gasteiger partial charge in [0.15, 0.2) is 0 Å². The third-order valence-corrected chi connectivity index (χ3v) is 3.70. The molecule has 2 N–H and O–H groups in total. The molecule has 0 aliphatic carbocycles. The van der Waals surface area contributed by atoms with Crippen LogP contribution in [0.5, 0.6) is 5.75 Å². The minimum atomic E-state index is -0.121. The maximum Gasteiger partial charge on any atom is 0.241 e. The Bertz CT molecular complexity index is 465. The molecule has 5 heteroatoms. The van der Waals surface area contributed by atoms with Gasteiger partial charge in [-0.3, -0.25) is 4.79 Å². The zero-order valence-electron chi connectivity index (χ0n) is 11.2. The van der Waals surface area contributed by atoms with Crippen molar-refractivity contribution in [3.8, 4) is 5.75 Å². The topological polar surface area (TPSA) is 50.4 Å². The summed E-state index contributed by atoms with van der Waals surface area (Å²) in [6.07, 6.45) is 1.99. The van der Waals surface area contributed by atoms with Gasteiger partial charge in [0.25, 0.3) is 0 Å². The maximum atomic E-state index is 12.1. The van der Waals surface area contributed by atoms with Crippen LogP contribution in [0.1, 0.15) is 19.8 Å². The fourth-order valence-electron chi connectivity index (χ4n) is 2.28. The van der Waals surface area contributed by atoms with Gasteiger partial charge in [-0.05, 0) is 43.5 Å². The van der Waals surface area contributed by atoms with Crippen molar-refractivity contribution in [3.05, 3.63) is 23.2 Å². The van der Waals surface area contributed by atoms with Crippen LogP contribution in [0, 0.1) is 5.92 Å². The van der Waals surface area contributed by atoms with Gasteiger partial charge in [-0.2, -0.15) is 0 Å². The van der Waals surface area contributed by atoms with Crippen molar-refractivity contribution < 1.29 is 9.53 Å². The van der Waals surface area contributed by atoms with Crippen molar-refractivity contribution in [2.24, 2.45) is 5.92 Å². The number of piperidine rings is 1. The van der Waals surface area contributed by atoms with Crippen LogP contribution in [0.25, 0.3) is 0 Å². The maximum absolute atomic E-state index is 12.1. The number of methoxy groups -OCH3 is 1. The van der Waals surface area contributed by atoms with E-state index in [1.807, 2.05) is 0 Å². The van der Waals surface area contributed by atoms with Crippen molar-refractivity contribution in [2.45, 2.75) is 25.8 Å². The van der Waals surface area contributed by atoms with E-state index in [2.05, 4.69) is 17.6 Å². The molecule has 0 saturated carbocycles. The van der Waals surface area contributed by atoms with Gasteiger partial charge in [0, 0.05) is 5.69 Å². The van der Waals surface area contributed by atoms with Gasteiger partial charge in [0.2, 0.25) is 5.91 Å². The predicted molar refractivity (Wildman–Crippen MR) is 76.8 cm³/mol. The van der Waals surface area contributed by atoms with Gasteiger partial charge in [-0.25, -0.2) is 0 Å². The summed E-state index contributed by atoms with van der Waals surface area (Å²) < 4.78 is 5.08. The summed E-state index contributed by atoms with van der Waals surface area (Å²) in [4.78, 5) is 12.1.